The fourth-order valence-electron chi connectivity index (χ4n) is 4.01. The predicted molar refractivity (Wildman–Crippen MR) is 129 cm³/mol. The van der Waals surface area contributed by atoms with E-state index in [2.05, 4.69) is 15.1 Å². The van der Waals surface area contributed by atoms with Crippen molar-refractivity contribution in [3.8, 4) is 11.3 Å². The van der Waals surface area contributed by atoms with Crippen molar-refractivity contribution in [3.05, 3.63) is 95.4 Å². The highest BCUT2D eigenvalue weighted by Crippen LogP contribution is 2.40. The minimum Gasteiger partial charge on any atom is -0.382 e. The highest BCUT2D eigenvalue weighted by Gasteiger charge is 2.39. The molecule has 6 nitrogen and oxygen atoms in total. The van der Waals surface area contributed by atoms with Crippen molar-refractivity contribution < 1.29 is 18.3 Å². The average molecular weight is 516 g/mol. The minimum atomic E-state index is -1.70. The van der Waals surface area contributed by atoms with Crippen molar-refractivity contribution in [2.75, 3.05) is 0 Å². The molecule has 1 N–H and O–H groups in total. The molecule has 0 amide bonds. The molecule has 0 spiro atoms. The number of benzene rings is 2. The molecule has 11 heteroatoms. The zero-order valence-corrected chi connectivity index (χ0v) is 20.1. The molecule has 2 aromatic carbocycles. The van der Waals surface area contributed by atoms with Crippen molar-refractivity contribution in [2.45, 2.75) is 30.1 Å². The zero-order chi connectivity index (χ0) is 24.6. The summed E-state index contributed by atoms with van der Waals surface area (Å²) in [6.45, 7) is 1.73. The maximum absolute atomic E-state index is 14.8. The van der Waals surface area contributed by atoms with Gasteiger partial charge in [0.2, 0.25) is 0 Å². The largest absolute Gasteiger partial charge is 0.382 e. The minimum absolute atomic E-state index is 0.0193. The van der Waals surface area contributed by atoms with E-state index in [9.17, 15) is 18.3 Å². The van der Waals surface area contributed by atoms with Gasteiger partial charge in [0.1, 0.15) is 35.7 Å². The highest BCUT2D eigenvalue weighted by atomic mass is 32.2. The summed E-state index contributed by atoms with van der Waals surface area (Å²) in [7, 11) is 0. The molecule has 0 aliphatic heterocycles. The SMILES string of the molecule is C[C@@H](SCc1sc2nccn2c1-c1ccc(F)cc1)[C@](O)(Cn1cncn1)c1ccc(F)cc1F. The van der Waals surface area contributed by atoms with Gasteiger partial charge in [-0.1, -0.05) is 24.3 Å². The third-order valence-electron chi connectivity index (χ3n) is 5.85. The molecule has 0 aliphatic carbocycles. The van der Waals surface area contributed by atoms with Crippen LogP contribution >= 0.6 is 23.1 Å². The Hall–Kier alpha value is -3.15. The predicted octanol–water partition coefficient (Wildman–Crippen LogP) is 5.28. The summed E-state index contributed by atoms with van der Waals surface area (Å²) in [4.78, 5) is 10.0. The maximum Gasteiger partial charge on any atom is 0.194 e. The second-order valence-electron chi connectivity index (χ2n) is 8.06. The van der Waals surface area contributed by atoms with E-state index in [4.69, 9.17) is 0 Å². The Kier molecular flexibility index (Phi) is 6.39. The van der Waals surface area contributed by atoms with Crippen LogP contribution in [-0.4, -0.2) is 34.5 Å². The van der Waals surface area contributed by atoms with E-state index in [1.165, 1.54) is 58.6 Å². The molecule has 0 fully saturated rings. The number of halogens is 3. The lowest BCUT2D eigenvalue weighted by molar-refractivity contribution is 0.0133. The molecule has 0 aliphatic rings. The first kappa shape index (κ1) is 23.6. The summed E-state index contributed by atoms with van der Waals surface area (Å²) >= 11 is 2.91. The molecule has 0 saturated heterocycles. The van der Waals surface area contributed by atoms with Crippen LogP contribution in [0, 0.1) is 17.5 Å². The molecular formula is C24H20F3N5OS2. The number of rotatable bonds is 8. The maximum atomic E-state index is 14.8. The van der Waals surface area contributed by atoms with E-state index in [1.807, 2.05) is 10.6 Å². The van der Waals surface area contributed by atoms with Crippen molar-refractivity contribution in [3.63, 3.8) is 0 Å². The monoisotopic (exact) mass is 515 g/mol. The van der Waals surface area contributed by atoms with Gasteiger partial charge in [0.05, 0.1) is 12.2 Å². The lowest BCUT2D eigenvalue weighted by Crippen LogP contribution is -2.41. The van der Waals surface area contributed by atoms with Gasteiger partial charge in [0.25, 0.3) is 0 Å². The van der Waals surface area contributed by atoms with Crippen molar-refractivity contribution in [2.24, 2.45) is 0 Å². The summed E-state index contributed by atoms with van der Waals surface area (Å²) in [5.41, 5.74) is -0.00525. The van der Waals surface area contributed by atoms with Crippen LogP contribution < -0.4 is 0 Å². The summed E-state index contributed by atoms with van der Waals surface area (Å²) in [5, 5.41) is 15.3. The number of hydrogen-bond acceptors (Lipinski definition) is 6. The van der Waals surface area contributed by atoms with E-state index in [1.54, 1.807) is 25.3 Å². The van der Waals surface area contributed by atoms with Gasteiger partial charge in [-0.25, -0.2) is 27.8 Å². The molecule has 0 radical (unpaired) electrons. The summed E-state index contributed by atoms with van der Waals surface area (Å²) in [6.07, 6.45) is 6.31. The molecule has 0 saturated carbocycles. The van der Waals surface area contributed by atoms with Gasteiger partial charge >= 0.3 is 0 Å². The van der Waals surface area contributed by atoms with Crippen LogP contribution in [0.1, 0.15) is 17.4 Å². The van der Waals surface area contributed by atoms with Crippen molar-refractivity contribution in [1.29, 1.82) is 0 Å². The van der Waals surface area contributed by atoms with Gasteiger partial charge in [-0.3, -0.25) is 4.40 Å². The number of aromatic nitrogens is 5. The van der Waals surface area contributed by atoms with Gasteiger partial charge in [-0.15, -0.1) is 11.8 Å². The molecule has 5 aromatic rings. The third-order valence-corrected chi connectivity index (χ3v) is 8.44. The molecule has 0 unspecified atom stereocenters. The van der Waals surface area contributed by atoms with Crippen LogP contribution in [0.4, 0.5) is 13.2 Å². The average Bonchev–Trinajstić information content (AvgIpc) is 3.56. The molecule has 0 bridgehead atoms. The highest BCUT2D eigenvalue weighted by molar-refractivity contribution is 7.99. The van der Waals surface area contributed by atoms with E-state index in [0.29, 0.717) is 5.75 Å². The first-order chi connectivity index (χ1) is 16.8. The Morgan fingerprint density at radius 1 is 1.11 bits per heavy atom. The van der Waals surface area contributed by atoms with Crippen LogP contribution in [0.3, 0.4) is 0 Å². The van der Waals surface area contributed by atoms with Crippen LogP contribution in [0.15, 0.2) is 67.5 Å². The fraction of sp³-hybridized carbons (Fsp3) is 0.208. The molecule has 3 heterocycles. The normalized spacial score (nSPS) is 14.3. The second kappa shape index (κ2) is 9.48. The van der Waals surface area contributed by atoms with Gasteiger partial charge in [0.15, 0.2) is 4.96 Å². The van der Waals surface area contributed by atoms with Gasteiger partial charge in [-0.2, -0.15) is 5.10 Å². The number of thioether (sulfide) groups is 1. The Labute approximate surface area is 207 Å². The Morgan fingerprint density at radius 3 is 2.60 bits per heavy atom. The first-order valence-electron chi connectivity index (χ1n) is 10.7. The lowest BCUT2D eigenvalue weighted by atomic mass is 9.90. The van der Waals surface area contributed by atoms with Crippen LogP contribution in [0.5, 0.6) is 0 Å². The molecule has 35 heavy (non-hydrogen) atoms. The quantitative estimate of drug-likeness (QED) is 0.305. The van der Waals surface area contributed by atoms with Crippen LogP contribution in [0.25, 0.3) is 16.2 Å². The third kappa shape index (κ3) is 4.58. The van der Waals surface area contributed by atoms with E-state index in [-0.39, 0.29) is 17.9 Å². The van der Waals surface area contributed by atoms with Gasteiger partial charge < -0.3 is 5.11 Å². The second-order valence-corrected chi connectivity index (χ2v) is 10.4. The fourth-order valence-corrected chi connectivity index (χ4v) is 6.36. The van der Waals surface area contributed by atoms with E-state index < -0.39 is 22.5 Å². The van der Waals surface area contributed by atoms with Crippen molar-refractivity contribution in [1.82, 2.24) is 24.1 Å². The standard InChI is InChI=1S/C24H20F3N5OS2/c1-15(24(33,12-31-14-28-13-30-31)19-7-6-18(26)10-20(19)27)34-11-21-22(16-2-4-17(25)5-3-16)32-9-8-29-23(32)35-21/h2-10,13-15,33H,11-12H2,1H3/t15-,24-/m1/s1. The summed E-state index contributed by atoms with van der Waals surface area (Å²) < 4.78 is 45.3. The van der Waals surface area contributed by atoms with Crippen LogP contribution in [-0.2, 0) is 17.9 Å². The number of hydrogen-bond donors (Lipinski definition) is 1. The Bertz CT molecular complexity index is 1450. The first-order valence-corrected chi connectivity index (χ1v) is 12.5. The number of imidazole rings is 1. The Balaban J connectivity index is 1.47. The molecule has 2 atom stereocenters. The number of aliphatic hydroxyl groups is 1. The van der Waals surface area contributed by atoms with E-state index >= 15 is 0 Å². The number of fused-ring (bicyclic) bond motifs is 1. The Morgan fingerprint density at radius 2 is 1.89 bits per heavy atom. The molecule has 180 valence electrons. The van der Waals surface area contributed by atoms with Gasteiger partial charge in [-0.05, 0) is 35.9 Å². The topological polar surface area (TPSA) is 68.2 Å². The van der Waals surface area contributed by atoms with Gasteiger partial charge in [0, 0.05) is 39.9 Å². The zero-order valence-electron chi connectivity index (χ0n) is 18.5. The molecule has 3 aromatic heterocycles. The van der Waals surface area contributed by atoms with E-state index in [0.717, 1.165) is 33.2 Å². The number of thiazole rings is 1. The summed E-state index contributed by atoms with van der Waals surface area (Å²) in [5.74, 6) is -1.40. The lowest BCUT2D eigenvalue weighted by Gasteiger charge is -2.34. The summed E-state index contributed by atoms with van der Waals surface area (Å²) in [6, 6.07) is 9.39. The smallest absolute Gasteiger partial charge is 0.194 e. The molecular weight excluding hydrogens is 495 g/mol. The number of nitrogens with zero attached hydrogens (tertiary/aromatic N) is 5. The molecule has 5 rings (SSSR count). The van der Waals surface area contributed by atoms with Crippen molar-refractivity contribution >= 4 is 28.1 Å². The van der Waals surface area contributed by atoms with Crippen LogP contribution in [0.2, 0.25) is 0 Å².